The summed E-state index contributed by atoms with van der Waals surface area (Å²) in [5, 5.41) is 4.60. The molecule has 0 fully saturated rings. The van der Waals surface area contributed by atoms with Crippen molar-refractivity contribution in [2.24, 2.45) is 4.99 Å². The fraction of sp³-hybridized carbons (Fsp3) is 0.217. The van der Waals surface area contributed by atoms with Gasteiger partial charge in [0.15, 0.2) is 0 Å². The summed E-state index contributed by atoms with van der Waals surface area (Å²) in [4.78, 5) is 22.1. The van der Waals surface area contributed by atoms with E-state index in [9.17, 15) is 4.79 Å². The first kappa shape index (κ1) is 18.8. The van der Waals surface area contributed by atoms with E-state index in [1.165, 1.54) is 0 Å². The smallest absolute Gasteiger partial charge is 0.279 e. The third-order valence-corrected chi connectivity index (χ3v) is 4.79. The summed E-state index contributed by atoms with van der Waals surface area (Å²) in [6.07, 6.45) is 1.92. The highest BCUT2D eigenvalue weighted by molar-refractivity contribution is 6.06. The largest absolute Gasteiger partial charge is 0.336 e. The summed E-state index contributed by atoms with van der Waals surface area (Å²) < 4.78 is 7.28. The predicted octanol–water partition coefficient (Wildman–Crippen LogP) is 4.25. The van der Waals surface area contributed by atoms with Gasteiger partial charge in [0.25, 0.3) is 11.6 Å². The van der Waals surface area contributed by atoms with E-state index in [2.05, 4.69) is 15.1 Å². The van der Waals surface area contributed by atoms with E-state index in [0.29, 0.717) is 34.4 Å². The van der Waals surface area contributed by atoms with Crippen LogP contribution in [0.25, 0.3) is 11.1 Å². The van der Waals surface area contributed by atoms with Crippen molar-refractivity contribution in [3.05, 3.63) is 88.8 Å². The van der Waals surface area contributed by atoms with Gasteiger partial charge in [0.2, 0.25) is 0 Å². The van der Waals surface area contributed by atoms with E-state index in [0.717, 1.165) is 11.3 Å². The van der Waals surface area contributed by atoms with Gasteiger partial charge in [-0.25, -0.2) is 4.98 Å². The third kappa shape index (κ3) is 3.87. The van der Waals surface area contributed by atoms with Crippen molar-refractivity contribution in [1.29, 1.82) is 0 Å². The van der Waals surface area contributed by atoms with Gasteiger partial charge >= 0.3 is 0 Å². The van der Waals surface area contributed by atoms with Crippen molar-refractivity contribution in [2.75, 3.05) is 0 Å². The van der Waals surface area contributed by atoms with Crippen LogP contribution >= 0.6 is 0 Å². The zero-order valence-corrected chi connectivity index (χ0v) is 16.7. The molecule has 6 nitrogen and oxygen atoms in total. The minimum Gasteiger partial charge on any atom is -0.336 e. The number of hydrogen-bond donors (Lipinski definition) is 0. The number of amides is 1. The van der Waals surface area contributed by atoms with E-state index in [1.54, 1.807) is 13.0 Å². The molecule has 0 radical (unpaired) electrons. The number of aromatic nitrogens is 3. The number of aryl methyl sites for hydroxylation is 1. The van der Waals surface area contributed by atoms with Gasteiger partial charge in [-0.2, -0.15) is 4.99 Å². The molecule has 0 atom stereocenters. The van der Waals surface area contributed by atoms with Crippen LogP contribution in [0.2, 0.25) is 0 Å². The Morgan fingerprint density at radius 2 is 1.90 bits per heavy atom. The summed E-state index contributed by atoms with van der Waals surface area (Å²) in [5.41, 5.74) is 3.97. The highest BCUT2D eigenvalue weighted by atomic mass is 16.5. The molecule has 6 heteroatoms. The Hall–Kier alpha value is -3.54. The van der Waals surface area contributed by atoms with Crippen LogP contribution in [-0.2, 0) is 6.54 Å². The average molecular weight is 386 g/mol. The van der Waals surface area contributed by atoms with Gasteiger partial charge in [0.05, 0.1) is 16.6 Å². The molecule has 4 rings (SSSR count). The van der Waals surface area contributed by atoms with Gasteiger partial charge < -0.3 is 9.09 Å². The van der Waals surface area contributed by atoms with Gasteiger partial charge in [0, 0.05) is 18.4 Å². The number of nitrogens with zero attached hydrogens (tertiary/aromatic N) is 4. The van der Waals surface area contributed by atoms with Crippen LogP contribution in [0.4, 0.5) is 0 Å². The second-order valence-electron chi connectivity index (χ2n) is 7.29. The molecular formula is C23H22N4O2. The number of pyridine rings is 2. The maximum Gasteiger partial charge on any atom is 0.279 e. The fourth-order valence-corrected chi connectivity index (χ4v) is 3.23. The maximum absolute atomic E-state index is 13.2. The first-order valence-corrected chi connectivity index (χ1v) is 9.58. The molecular weight excluding hydrogens is 364 g/mol. The summed E-state index contributed by atoms with van der Waals surface area (Å²) in [7, 11) is 0. The first-order valence-electron chi connectivity index (χ1n) is 9.58. The standard InChI is InChI=1S/C23H22N4O2/c1-15(2)19-13-18(21-16(3)26-29-23(21)24-19)22(28)25-20-11-7-8-12-27(20)14-17-9-5-4-6-10-17/h4-13,15H,14H2,1-3H3. The molecule has 29 heavy (non-hydrogen) atoms. The monoisotopic (exact) mass is 386 g/mol. The summed E-state index contributed by atoms with van der Waals surface area (Å²) in [6.45, 7) is 6.47. The van der Waals surface area contributed by atoms with Gasteiger partial charge in [-0.3, -0.25) is 4.79 Å². The van der Waals surface area contributed by atoms with Gasteiger partial charge in [0.1, 0.15) is 5.49 Å². The molecule has 0 spiro atoms. The number of benzene rings is 1. The Bertz CT molecular complexity index is 1240. The molecule has 0 saturated carbocycles. The molecule has 1 amide bonds. The molecule has 3 heterocycles. The predicted molar refractivity (Wildman–Crippen MR) is 110 cm³/mol. The second kappa shape index (κ2) is 7.83. The Kier molecular flexibility index (Phi) is 5.08. The van der Waals surface area contributed by atoms with Crippen molar-refractivity contribution in [3.8, 4) is 0 Å². The highest BCUT2D eigenvalue weighted by Gasteiger charge is 2.19. The van der Waals surface area contributed by atoms with Crippen LogP contribution in [0.1, 0.15) is 47.1 Å². The Morgan fingerprint density at radius 3 is 2.66 bits per heavy atom. The van der Waals surface area contributed by atoms with Crippen molar-refractivity contribution in [2.45, 2.75) is 33.2 Å². The zero-order valence-electron chi connectivity index (χ0n) is 16.7. The molecule has 0 saturated heterocycles. The normalized spacial score (nSPS) is 12.1. The minimum atomic E-state index is -0.335. The number of carbonyl (C=O) groups excluding carboxylic acids is 1. The molecule has 0 aliphatic carbocycles. The Balaban J connectivity index is 1.81. The van der Waals surface area contributed by atoms with Gasteiger partial charge in [-0.05, 0) is 36.6 Å². The van der Waals surface area contributed by atoms with Crippen molar-refractivity contribution in [1.82, 2.24) is 14.7 Å². The topological polar surface area (TPSA) is 73.3 Å². The third-order valence-electron chi connectivity index (χ3n) is 4.79. The lowest BCUT2D eigenvalue weighted by Crippen LogP contribution is -2.22. The van der Waals surface area contributed by atoms with E-state index in [1.807, 2.05) is 73.1 Å². The van der Waals surface area contributed by atoms with E-state index in [-0.39, 0.29) is 11.8 Å². The molecule has 0 aliphatic rings. The lowest BCUT2D eigenvalue weighted by Gasteiger charge is -2.08. The van der Waals surface area contributed by atoms with Crippen LogP contribution in [0, 0.1) is 6.92 Å². The van der Waals surface area contributed by atoms with Crippen molar-refractivity contribution < 1.29 is 9.32 Å². The number of fused-ring (bicyclic) bond motifs is 1. The summed E-state index contributed by atoms with van der Waals surface area (Å²) in [6, 6.07) is 17.5. The van der Waals surface area contributed by atoms with Crippen LogP contribution in [0.15, 0.2) is 70.3 Å². The second-order valence-corrected chi connectivity index (χ2v) is 7.29. The quantitative estimate of drug-likeness (QED) is 0.526. The van der Waals surface area contributed by atoms with Crippen molar-refractivity contribution in [3.63, 3.8) is 0 Å². The molecule has 4 aromatic rings. The SMILES string of the molecule is Cc1noc2nc(C(C)C)cc(C(=O)N=c3ccccn3Cc3ccccc3)c12. The maximum atomic E-state index is 13.2. The fourth-order valence-electron chi connectivity index (χ4n) is 3.23. The molecule has 0 aliphatic heterocycles. The first-order chi connectivity index (χ1) is 14.0. The summed E-state index contributed by atoms with van der Waals surface area (Å²) in [5.74, 6) is -0.185. The van der Waals surface area contributed by atoms with Crippen LogP contribution < -0.4 is 5.49 Å². The summed E-state index contributed by atoms with van der Waals surface area (Å²) >= 11 is 0. The van der Waals surface area contributed by atoms with Gasteiger partial charge in [-0.15, -0.1) is 0 Å². The minimum absolute atomic E-state index is 0.149. The lowest BCUT2D eigenvalue weighted by molar-refractivity contribution is 0.0998. The number of rotatable bonds is 4. The van der Waals surface area contributed by atoms with Crippen LogP contribution in [0.3, 0.4) is 0 Å². The molecule has 3 aromatic heterocycles. The molecule has 1 aromatic carbocycles. The van der Waals surface area contributed by atoms with Crippen molar-refractivity contribution >= 4 is 17.0 Å². The lowest BCUT2D eigenvalue weighted by atomic mass is 10.0. The number of carbonyl (C=O) groups is 1. The molecule has 0 unspecified atom stereocenters. The molecule has 146 valence electrons. The Morgan fingerprint density at radius 1 is 1.14 bits per heavy atom. The Labute approximate surface area is 168 Å². The molecule has 0 bridgehead atoms. The van der Waals surface area contributed by atoms with Gasteiger partial charge in [-0.1, -0.05) is 55.4 Å². The highest BCUT2D eigenvalue weighted by Crippen LogP contribution is 2.25. The van der Waals surface area contributed by atoms with E-state index in [4.69, 9.17) is 4.52 Å². The van der Waals surface area contributed by atoms with E-state index >= 15 is 0 Å². The zero-order chi connectivity index (χ0) is 20.4. The average Bonchev–Trinajstić information content (AvgIpc) is 3.10. The van der Waals surface area contributed by atoms with Crippen LogP contribution in [0.5, 0.6) is 0 Å². The van der Waals surface area contributed by atoms with Crippen LogP contribution in [-0.4, -0.2) is 20.6 Å². The van der Waals surface area contributed by atoms with E-state index < -0.39 is 0 Å². The number of hydrogen-bond acceptors (Lipinski definition) is 4. The molecule has 0 N–H and O–H groups in total.